The standard InChI is InChI=1S/C15H20FN3/c1-15(2)9-4-3-8-12(15)19-11-7-5-6-10(16)13(11)18-14(19)17/h5-7,12H,3-4,8-9H2,1-2H3,(H2,17,18). The summed E-state index contributed by atoms with van der Waals surface area (Å²) in [5.74, 6) is 0.136. The Morgan fingerprint density at radius 3 is 2.89 bits per heavy atom. The highest BCUT2D eigenvalue weighted by Gasteiger charge is 2.35. The number of nitrogen functional groups attached to an aromatic ring is 1. The largest absolute Gasteiger partial charge is 0.369 e. The van der Waals surface area contributed by atoms with Crippen molar-refractivity contribution in [2.24, 2.45) is 5.41 Å². The van der Waals surface area contributed by atoms with E-state index in [1.54, 1.807) is 6.07 Å². The Labute approximate surface area is 112 Å². The molecule has 1 unspecified atom stereocenters. The van der Waals surface area contributed by atoms with Gasteiger partial charge in [0.25, 0.3) is 0 Å². The molecule has 0 radical (unpaired) electrons. The minimum atomic E-state index is -0.295. The average Bonchev–Trinajstić information content (AvgIpc) is 2.67. The van der Waals surface area contributed by atoms with E-state index in [0.29, 0.717) is 17.5 Å². The van der Waals surface area contributed by atoms with Crippen molar-refractivity contribution < 1.29 is 4.39 Å². The molecule has 1 atom stereocenters. The first kappa shape index (κ1) is 12.5. The number of halogens is 1. The first-order chi connectivity index (χ1) is 9.00. The zero-order valence-electron chi connectivity index (χ0n) is 11.5. The lowest BCUT2D eigenvalue weighted by Crippen LogP contribution is -2.31. The molecule has 102 valence electrons. The molecule has 0 spiro atoms. The van der Waals surface area contributed by atoms with E-state index in [9.17, 15) is 4.39 Å². The number of nitrogens with two attached hydrogens (primary N) is 1. The van der Waals surface area contributed by atoms with Crippen LogP contribution < -0.4 is 5.73 Å². The van der Waals surface area contributed by atoms with E-state index in [1.807, 2.05) is 10.6 Å². The van der Waals surface area contributed by atoms with Gasteiger partial charge >= 0.3 is 0 Å². The Bertz CT molecular complexity index is 615. The molecule has 2 N–H and O–H groups in total. The van der Waals surface area contributed by atoms with Crippen LogP contribution in [-0.2, 0) is 0 Å². The van der Waals surface area contributed by atoms with Gasteiger partial charge in [-0.1, -0.05) is 32.8 Å². The maximum Gasteiger partial charge on any atom is 0.201 e. The summed E-state index contributed by atoms with van der Waals surface area (Å²) in [5.41, 5.74) is 7.44. The maximum absolute atomic E-state index is 13.8. The third kappa shape index (κ3) is 1.90. The van der Waals surface area contributed by atoms with Gasteiger partial charge < -0.3 is 10.3 Å². The van der Waals surface area contributed by atoms with Gasteiger partial charge in [-0.05, 0) is 30.4 Å². The van der Waals surface area contributed by atoms with Gasteiger partial charge in [0.2, 0.25) is 5.95 Å². The van der Waals surface area contributed by atoms with Gasteiger partial charge in [-0.25, -0.2) is 9.37 Å². The second-order valence-electron chi connectivity index (χ2n) is 6.20. The Balaban J connectivity index is 2.19. The number of rotatable bonds is 1. The molecule has 19 heavy (non-hydrogen) atoms. The van der Waals surface area contributed by atoms with Crippen molar-refractivity contribution >= 4 is 17.0 Å². The number of imidazole rings is 1. The molecule has 1 aliphatic carbocycles. The molecule has 1 fully saturated rings. The predicted molar refractivity (Wildman–Crippen MR) is 75.4 cm³/mol. The number of hydrogen-bond donors (Lipinski definition) is 1. The van der Waals surface area contributed by atoms with Crippen molar-refractivity contribution in [1.29, 1.82) is 0 Å². The van der Waals surface area contributed by atoms with Crippen LogP contribution in [0.25, 0.3) is 11.0 Å². The van der Waals surface area contributed by atoms with Crippen molar-refractivity contribution in [2.45, 2.75) is 45.6 Å². The number of aromatic nitrogens is 2. The van der Waals surface area contributed by atoms with Gasteiger partial charge in [-0.3, -0.25) is 0 Å². The normalized spacial score (nSPS) is 22.8. The van der Waals surface area contributed by atoms with Gasteiger partial charge in [0.1, 0.15) is 5.52 Å². The Kier molecular flexibility index (Phi) is 2.77. The first-order valence-electron chi connectivity index (χ1n) is 6.92. The summed E-state index contributed by atoms with van der Waals surface area (Å²) in [6.07, 6.45) is 4.71. The molecule has 0 saturated heterocycles. The van der Waals surface area contributed by atoms with E-state index in [-0.39, 0.29) is 11.2 Å². The molecular formula is C15H20FN3. The van der Waals surface area contributed by atoms with Crippen LogP contribution in [0.3, 0.4) is 0 Å². The monoisotopic (exact) mass is 261 g/mol. The van der Waals surface area contributed by atoms with Crippen LogP contribution in [0.5, 0.6) is 0 Å². The molecule has 1 aromatic carbocycles. The molecule has 3 nitrogen and oxygen atoms in total. The van der Waals surface area contributed by atoms with Crippen molar-refractivity contribution in [1.82, 2.24) is 9.55 Å². The molecule has 1 heterocycles. The minimum Gasteiger partial charge on any atom is -0.369 e. The molecule has 0 aliphatic heterocycles. The molecule has 1 aromatic heterocycles. The molecule has 2 aromatic rings. The third-order valence-corrected chi connectivity index (χ3v) is 4.46. The van der Waals surface area contributed by atoms with Crippen LogP contribution >= 0.6 is 0 Å². The van der Waals surface area contributed by atoms with Crippen LogP contribution in [0, 0.1) is 11.2 Å². The smallest absolute Gasteiger partial charge is 0.201 e. The summed E-state index contributed by atoms with van der Waals surface area (Å²) >= 11 is 0. The van der Waals surface area contributed by atoms with Gasteiger partial charge in [0.05, 0.1) is 5.52 Å². The van der Waals surface area contributed by atoms with Crippen LogP contribution in [0.1, 0.15) is 45.6 Å². The lowest BCUT2D eigenvalue weighted by molar-refractivity contribution is 0.149. The second kappa shape index (κ2) is 4.22. The minimum absolute atomic E-state index is 0.173. The number of para-hydroxylation sites is 1. The Hall–Kier alpha value is -1.58. The fourth-order valence-electron chi connectivity index (χ4n) is 3.38. The zero-order chi connectivity index (χ0) is 13.6. The lowest BCUT2D eigenvalue weighted by atomic mass is 9.73. The highest BCUT2D eigenvalue weighted by Crippen LogP contribution is 2.45. The quantitative estimate of drug-likeness (QED) is 0.846. The third-order valence-electron chi connectivity index (χ3n) is 4.46. The van der Waals surface area contributed by atoms with E-state index < -0.39 is 0 Å². The van der Waals surface area contributed by atoms with Crippen LogP contribution in [0.4, 0.5) is 10.3 Å². The number of benzene rings is 1. The van der Waals surface area contributed by atoms with Crippen molar-refractivity contribution in [3.05, 3.63) is 24.0 Å². The highest BCUT2D eigenvalue weighted by molar-refractivity contribution is 5.79. The molecule has 4 heteroatoms. The van der Waals surface area contributed by atoms with Crippen molar-refractivity contribution in [2.75, 3.05) is 5.73 Å². The fraction of sp³-hybridized carbons (Fsp3) is 0.533. The van der Waals surface area contributed by atoms with E-state index in [1.165, 1.54) is 25.3 Å². The SMILES string of the molecule is CC1(C)CCCCC1n1c(N)nc2c(F)cccc21. The van der Waals surface area contributed by atoms with E-state index >= 15 is 0 Å². The Morgan fingerprint density at radius 1 is 1.37 bits per heavy atom. The molecule has 3 rings (SSSR count). The van der Waals surface area contributed by atoms with Gasteiger partial charge in [-0.15, -0.1) is 0 Å². The zero-order valence-corrected chi connectivity index (χ0v) is 11.5. The maximum atomic E-state index is 13.8. The summed E-state index contributed by atoms with van der Waals surface area (Å²) in [6.45, 7) is 4.53. The van der Waals surface area contributed by atoms with Crippen LogP contribution in [0.15, 0.2) is 18.2 Å². The number of hydrogen-bond acceptors (Lipinski definition) is 2. The van der Waals surface area contributed by atoms with E-state index in [2.05, 4.69) is 18.8 Å². The van der Waals surface area contributed by atoms with Gasteiger partial charge in [-0.2, -0.15) is 0 Å². The first-order valence-corrected chi connectivity index (χ1v) is 6.92. The van der Waals surface area contributed by atoms with Crippen molar-refractivity contribution in [3.63, 3.8) is 0 Å². The molecular weight excluding hydrogens is 241 g/mol. The molecule has 0 amide bonds. The Morgan fingerprint density at radius 2 is 2.16 bits per heavy atom. The van der Waals surface area contributed by atoms with Crippen molar-refractivity contribution in [3.8, 4) is 0 Å². The molecule has 0 bridgehead atoms. The fourth-order valence-corrected chi connectivity index (χ4v) is 3.38. The van der Waals surface area contributed by atoms with Crippen LogP contribution in [0.2, 0.25) is 0 Å². The lowest BCUT2D eigenvalue weighted by Gasteiger charge is -2.40. The summed E-state index contributed by atoms with van der Waals surface area (Å²) in [6, 6.07) is 5.37. The highest BCUT2D eigenvalue weighted by atomic mass is 19.1. The van der Waals surface area contributed by atoms with E-state index in [0.717, 1.165) is 11.9 Å². The predicted octanol–water partition coefficient (Wildman–Crippen LogP) is 3.90. The summed E-state index contributed by atoms with van der Waals surface area (Å²) in [7, 11) is 0. The average molecular weight is 261 g/mol. The van der Waals surface area contributed by atoms with Gasteiger partial charge in [0.15, 0.2) is 5.82 Å². The number of fused-ring (bicyclic) bond motifs is 1. The second-order valence-corrected chi connectivity index (χ2v) is 6.20. The number of anilines is 1. The molecule has 1 aliphatic rings. The van der Waals surface area contributed by atoms with Crippen LogP contribution in [-0.4, -0.2) is 9.55 Å². The summed E-state index contributed by atoms with van der Waals surface area (Å²) < 4.78 is 15.8. The number of nitrogens with zero attached hydrogens (tertiary/aromatic N) is 2. The molecule has 1 saturated carbocycles. The van der Waals surface area contributed by atoms with E-state index in [4.69, 9.17) is 5.73 Å². The summed E-state index contributed by atoms with van der Waals surface area (Å²) in [5, 5.41) is 0. The summed E-state index contributed by atoms with van der Waals surface area (Å²) in [4.78, 5) is 4.22. The topological polar surface area (TPSA) is 43.8 Å². The van der Waals surface area contributed by atoms with Gasteiger partial charge in [0, 0.05) is 6.04 Å².